The van der Waals surface area contributed by atoms with E-state index in [0.29, 0.717) is 18.3 Å². The van der Waals surface area contributed by atoms with Crippen molar-refractivity contribution in [1.82, 2.24) is 0 Å². The molecule has 0 fully saturated rings. The van der Waals surface area contributed by atoms with E-state index in [9.17, 15) is 4.79 Å². The smallest absolute Gasteiger partial charge is 0.333 e. The van der Waals surface area contributed by atoms with E-state index in [1.807, 2.05) is 0 Å². The number of hydrogen-bond acceptors (Lipinski definition) is 3. The zero-order valence-electron chi connectivity index (χ0n) is 10.8. The third kappa shape index (κ3) is 8.48. The number of ether oxygens (including phenoxy) is 2. The summed E-state index contributed by atoms with van der Waals surface area (Å²) in [4.78, 5) is 11.0. The molecule has 3 heteroatoms. The normalized spacial score (nSPS) is 12.2. The van der Waals surface area contributed by atoms with Crippen LogP contribution in [0.1, 0.15) is 46.5 Å². The summed E-state index contributed by atoms with van der Waals surface area (Å²) in [5, 5.41) is 0. The van der Waals surface area contributed by atoms with Gasteiger partial charge in [0.2, 0.25) is 0 Å². The number of rotatable bonds is 9. The predicted molar refractivity (Wildman–Crippen MR) is 65.3 cm³/mol. The first-order valence-electron chi connectivity index (χ1n) is 6.02. The molecule has 0 aliphatic rings. The lowest BCUT2D eigenvalue weighted by atomic mass is 10.2. The molecule has 0 heterocycles. The topological polar surface area (TPSA) is 35.5 Å². The summed E-state index contributed by atoms with van der Waals surface area (Å²) in [6.07, 6.45) is 4.34. The summed E-state index contributed by atoms with van der Waals surface area (Å²) in [7, 11) is 0. The van der Waals surface area contributed by atoms with E-state index in [1.165, 1.54) is 0 Å². The second-order valence-corrected chi connectivity index (χ2v) is 4.07. The van der Waals surface area contributed by atoms with E-state index >= 15 is 0 Å². The molecule has 0 aromatic rings. The fourth-order valence-electron chi connectivity index (χ4n) is 1.07. The van der Waals surface area contributed by atoms with Crippen LogP contribution in [0, 0.1) is 0 Å². The maximum absolute atomic E-state index is 11.0. The quantitative estimate of drug-likeness (QED) is 0.345. The minimum Gasteiger partial charge on any atom is -0.462 e. The van der Waals surface area contributed by atoms with E-state index in [1.54, 1.807) is 6.92 Å². The van der Waals surface area contributed by atoms with Gasteiger partial charge in [0, 0.05) is 12.2 Å². The molecule has 0 spiro atoms. The predicted octanol–water partition coefficient (Wildman–Crippen LogP) is 3.09. The summed E-state index contributed by atoms with van der Waals surface area (Å²) < 4.78 is 10.5. The average molecular weight is 228 g/mol. The summed E-state index contributed by atoms with van der Waals surface area (Å²) in [5.41, 5.74) is 0.458. The van der Waals surface area contributed by atoms with Gasteiger partial charge < -0.3 is 9.47 Å². The zero-order valence-corrected chi connectivity index (χ0v) is 10.8. The van der Waals surface area contributed by atoms with Crippen molar-refractivity contribution in [2.75, 3.05) is 13.2 Å². The highest BCUT2D eigenvalue weighted by molar-refractivity contribution is 5.86. The molecular formula is C13H24O3. The Morgan fingerprint density at radius 2 is 1.88 bits per heavy atom. The lowest BCUT2D eigenvalue weighted by Gasteiger charge is -2.10. The van der Waals surface area contributed by atoms with Gasteiger partial charge in [0.05, 0.1) is 12.7 Å². The SMILES string of the molecule is C=C(C)C(=O)OCCCCCOC(C)CC. The van der Waals surface area contributed by atoms with Crippen molar-refractivity contribution < 1.29 is 14.3 Å². The molecule has 0 N–H and O–H groups in total. The van der Waals surface area contributed by atoms with Crippen molar-refractivity contribution >= 4 is 5.97 Å². The van der Waals surface area contributed by atoms with Crippen molar-refractivity contribution in [2.24, 2.45) is 0 Å². The first kappa shape index (κ1) is 15.2. The van der Waals surface area contributed by atoms with Crippen molar-refractivity contribution in [3.63, 3.8) is 0 Å². The Hall–Kier alpha value is -0.830. The van der Waals surface area contributed by atoms with Gasteiger partial charge in [-0.3, -0.25) is 0 Å². The number of esters is 1. The summed E-state index contributed by atoms with van der Waals surface area (Å²) >= 11 is 0. The summed E-state index contributed by atoms with van der Waals surface area (Å²) in [6.45, 7) is 10.6. The Labute approximate surface area is 98.8 Å². The highest BCUT2D eigenvalue weighted by Crippen LogP contribution is 2.02. The highest BCUT2D eigenvalue weighted by Gasteiger charge is 2.02. The molecule has 0 aliphatic carbocycles. The number of hydrogen-bond donors (Lipinski definition) is 0. The van der Waals surface area contributed by atoms with Crippen LogP contribution in [-0.2, 0) is 14.3 Å². The van der Waals surface area contributed by atoms with Crippen molar-refractivity contribution in [3.8, 4) is 0 Å². The molecule has 0 aromatic carbocycles. The van der Waals surface area contributed by atoms with Gasteiger partial charge in [-0.2, -0.15) is 0 Å². The van der Waals surface area contributed by atoms with Crippen molar-refractivity contribution in [3.05, 3.63) is 12.2 Å². The minimum absolute atomic E-state index is 0.296. The minimum atomic E-state index is -0.296. The average Bonchev–Trinajstić information content (AvgIpc) is 2.26. The standard InChI is InChI=1S/C13H24O3/c1-5-12(4)15-9-7-6-8-10-16-13(14)11(2)3/h12H,2,5-10H2,1,3-4H3. The first-order chi connectivity index (χ1) is 7.57. The van der Waals surface area contributed by atoms with Gasteiger partial charge in [-0.1, -0.05) is 13.5 Å². The van der Waals surface area contributed by atoms with Crippen LogP contribution in [0.2, 0.25) is 0 Å². The molecule has 0 saturated heterocycles. The molecule has 0 saturated carbocycles. The Kier molecular flexibility index (Phi) is 8.91. The Balaban J connectivity index is 3.22. The molecule has 0 bridgehead atoms. The molecule has 0 aliphatic heterocycles. The molecule has 16 heavy (non-hydrogen) atoms. The van der Waals surface area contributed by atoms with E-state index in [2.05, 4.69) is 20.4 Å². The van der Waals surface area contributed by atoms with Crippen molar-refractivity contribution in [2.45, 2.75) is 52.6 Å². The van der Waals surface area contributed by atoms with Gasteiger partial charge in [0.1, 0.15) is 0 Å². The van der Waals surface area contributed by atoms with Gasteiger partial charge in [0.15, 0.2) is 0 Å². The van der Waals surface area contributed by atoms with Crippen LogP contribution in [0.15, 0.2) is 12.2 Å². The third-order valence-electron chi connectivity index (χ3n) is 2.35. The highest BCUT2D eigenvalue weighted by atomic mass is 16.5. The number of carbonyl (C=O) groups is 1. The van der Waals surface area contributed by atoms with Gasteiger partial charge in [0.25, 0.3) is 0 Å². The Morgan fingerprint density at radius 1 is 1.25 bits per heavy atom. The Morgan fingerprint density at radius 3 is 2.44 bits per heavy atom. The number of carbonyl (C=O) groups excluding carboxylic acids is 1. The van der Waals surface area contributed by atoms with Gasteiger partial charge in [-0.05, 0) is 39.5 Å². The van der Waals surface area contributed by atoms with Crippen LogP contribution in [0.25, 0.3) is 0 Å². The van der Waals surface area contributed by atoms with Gasteiger partial charge in [-0.25, -0.2) is 4.79 Å². The van der Waals surface area contributed by atoms with Crippen LogP contribution in [-0.4, -0.2) is 25.3 Å². The molecule has 1 unspecified atom stereocenters. The van der Waals surface area contributed by atoms with Crippen LogP contribution in [0.3, 0.4) is 0 Å². The molecule has 3 nitrogen and oxygen atoms in total. The van der Waals surface area contributed by atoms with Crippen LogP contribution >= 0.6 is 0 Å². The van der Waals surface area contributed by atoms with E-state index in [4.69, 9.17) is 9.47 Å². The Bertz CT molecular complexity index is 211. The molecule has 94 valence electrons. The zero-order chi connectivity index (χ0) is 12.4. The molecule has 0 aromatic heterocycles. The molecule has 0 radical (unpaired) electrons. The third-order valence-corrected chi connectivity index (χ3v) is 2.35. The van der Waals surface area contributed by atoms with Crippen molar-refractivity contribution in [1.29, 1.82) is 0 Å². The fraction of sp³-hybridized carbons (Fsp3) is 0.769. The summed E-state index contributed by atoms with van der Waals surface area (Å²) in [5.74, 6) is -0.296. The van der Waals surface area contributed by atoms with Crippen LogP contribution in [0.4, 0.5) is 0 Å². The molecule has 0 amide bonds. The summed E-state index contributed by atoms with van der Waals surface area (Å²) in [6, 6.07) is 0. The largest absolute Gasteiger partial charge is 0.462 e. The maximum Gasteiger partial charge on any atom is 0.333 e. The van der Waals surface area contributed by atoms with Crippen LogP contribution < -0.4 is 0 Å². The maximum atomic E-state index is 11.0. The van der Waals surface area contributed by atoms with Crippen LogP contribution in [0.5, 0.6) is 0 Å². The second-order valence-electron chi connectivity index (χ2n) is 4.07. The van der Waals surface area contributed by atoms with Gasteiger partial charge >= 0.3 is 5.97 Å². The monoisotopic (exact) mass is 228 g/mol. The second kappa shape index (κ2) is 9.40. The molecule has 0 rings (SSSR count). The lowest BCUT2D eigenvalue weighted by molar-refractivity contribution is -0.139. The molecule has 1 atom stereocenters. The van der Waals surface area contributed by atoms with Gasteiger partial charge in [-0.15, -0.1) is 0 Å². The number of unbranched alkanes of at least 4 members (excludes halogenated alkanes) is 2. The molecular weight excluding hydrogens is 204 g/mol. The fourth-order valence-corrected chi connectivity index (χ4v) is 1.07. The van der Waals surface area contributed by atoms with E-state index in [0.717, 1.165) is 32.3 Å². The van der Waals surface area contributed by atoms with E-state index < -0.39 is 0 Å². The first-order valence-corrected chi connectivity index (χ1v) is 6.02. The van der Waals surface area contributed by atoms with E-state index in [-0.39, 0.29) is 5.97 Å². The lowest BCUT2D eigenvalue weighted by Crippen LogP contribution is -2.08.